The van der Waals surface area contributed by atoms with Gasteiger partial charge in [0.25, 0.3) is 0 Å². The molecule has 0 saturated carbocycles. The monoisotopic (exact) mass is 160 g/mol. The number of hydrogen-bond donors (Lipinski definition) is 0. The molecule has 0 bridgehead atoms. The lowest BCUT2D eigenvalue weighted by atomic mass is 9.93. The van der Waals surface area contributed by atoms with E-state index in [1.165, 1.54) is 6.42 Å². The van der Waals surface area contributed by atoms with Crippen molar-refractivity contribution in [1.29, 1.82) is 0 Å². The van der Waals surface area contributed by atoms with Gasteiger partial charge in [0.1, 0.15) is 0 Å². The van der Waals surface area contributed by atoms with E-state index in [1.807, 2.05) is 0 Å². The van der Waals surface area contributed by atoms with E-state index in [-0.39, 0.29) is 0 Å². The fourth-order valence-corrected chi connectivity index (χ4v) is 1.14. The summed E-state index contributed by atoms with van der Waals surface area (Å²) in [6.45, 7) is 6.05. The van der Waals surface area contributed by atoms with Gasteiger partial charge in [0.05, 0.1) is 13.2 Å². The summed E-state index contributed by atoms with van der Waals surface area (Å²) >= 11 is 0. The highest BCUT2D eigenvalue weighted by atomic mass is 16.5. The van der Waals surface area contributed by atoms with Gasteiger partial charge in [0, 0.05) is 20.1 Å². The van der Waals surface area contributed by atoms with Crippen LogP contribution in [0.2, 0.25) is 0 Å². The molecule has 2 heteroatoms. The molecular weight excluding hydrogens is 140 g/mol. The third-order valence-electron chi connectivity index (χ3n) is 2.21. The Morgan fingerprint density at radius 3 is 1.82 bits per heavy atom. The van der Waals surface area contributed by atoms with Gasteiger partial charge in [-0.2, -0.15) is 0 Å². The van der Waals surface area contributed by atoms with E-state index in [0.717, 1.165) is 13.2 Å². The van der Waals surface area contributed by atoms with Crippen molar-refractivity contribution in [2.24, 2.45) is 11.8 Å². The molecule has 1 unspecified atom stereocenters. The van der Waals surface area contributed by atoms with Gasteiger partial charge in [-0.15, -0.1) is 0 Å². The van der Waals surface area contributed by atoms with E-state index in [4.69, 9.17) is 9.47 Å². The van der Waals surface area contributed by atoms with E-state index in [1.54, 1.807) is 14.2 Å². The SMILES string of the molecule is CCC(C)C(COC)COC. The van der Waals surface area contributed by atoms with Crippen LogP contribution in [0.15, 0.2) is 0 Å². The van der Waals surface area contributed by atoms with Crippen molar-refractivity contribution in [3.8, 4) is 0 Å². The van der Waals surface area contributed by atoms with Crippen molar-refractivity contribution in [1.82, 2.24) is 0 Å². The lowest BCUT2D eigenvalue weighted by Crippen LogP contribution is -2.21. The number of ether oxygens (including phenoxy) is 2. The topological polar surface area (TPSA) is 18.5 Å². The van der Waals surface area contributed by atoms with Crippen LogP contribution in [0.25, 0.3) is 0 Å². The van der Waals surface area contributed by atoms with Crippen LogP contribution in [-0.4, -0.2) is 27.4 Å². The molecule has 0 heterocycles. The van der Waals surface area contributed by atoms with Gasteiger partial charge in [-0.25, -0.2) is 0 Å². The second-order valence-corrected chi connectivity index (χ2v) is 3.06. The van der Waals surface area contributed by atoms with Crippen LogP contribution < -0.4 is 0 Å². The van der Waals surface area contributed by atoms with Gasteiger partial charge in [-0.1, -0.05) is 20.3 Å². The molecule has 0 aromatic rings. The van der Waals surface area contributed by atoms with Crippen molar-refractivity contribution in [2.45, 2.75) is 20.3 Å². The number of hydrogen-bond acceptors (Lipinski definition) is 2. The largest absolute Gasteiger partial charge is 0.384 e. The van der Waals surface area contributed by atoms with E-state index < -0.39 is 0 Å². The highest BCUT2D eigenvalue weighted by Crippen LogP contribution is 2.15. The third-order valence-corrected chi connectivity index (χ3v) is 2.21. The van der Waals surface area contributed by atoms with Gasteiger partial charge in [-0.05, 0) is 5.92 Å². The van der Waals surface area contributed by atoms with Crippen LogP contribution in [0.5, 0.6) is 0 Å². The summed E-state index contributed by atoms with van der Waals surface area (Å²) in [7, 11) is 3.48. The maximum Gasteiger partial charge on any atom is 0.0515 e. The first kappa shape index (κ1) is 10.9. The minimum atomic E-state index is 0.551. The van der Waals surface area contributed by atoms with Crippen molar-refractivity contribution < 1.29 is 9.47 Å². The molecule has 0 aliphatic heterocycles. The molecule has 0 saturated heterocycles. The second kappa shape index (κ2) is 6.62. The molecule has 0 amide bonds. The Kier molecular flexibility index (Phi) is 6.57. The Morgan fingerprint density at radius 1 is 1.09 bits per heavy atom. The molecule has 0 spiro atoms. The first-order valence-electron chi connectivity index (χ1n) is 4.24. The molecule has 1 atom stereocenters. The summed E-state index contributed by atoms with van der Waals surface area (Å²) in [5.41, 5.74) is 0. The molecule has 0 aliphatic carbocycles. The van der Waals surface area contributed by atoms with Gasteiger partial charge >= 0.3 is 0 Å². The summed E-state index contributed by atoms with van der Waals surface area (Å²) < 4.78 is 10.2. The summed E-state index contributed by atoms with van der Waals surface area (Å²) in [6, 6.07) is 0. The summed E-state index contributed by atoms with van der Waals surface area (Å²) in [5.74, 6) is 1.24. The zero-order valence-corrected chi connectivity index (χ0v) is 8.09. The lowest BCUT2D eigenvalue weighted by molar-refractivity contribution is 0.0572. The molecular formula is C9H20O2. The number of methoxy groups -OCH3 is 2. The maximum atomic E-state index is 5.10. The minimum Gasteiger partial charge on any atom is -0.384 e. The standard InChI is InChI=1S/C9H20O2/c1-5-8(2)9(6-10-3)7-11-4/h8-9H,5-7H2,1-4H3. The van der Waals surface area contributed by atoms with E-state index in [2.05, 4.69) is 13.8 Å². The summed E-state index contributed by atoms with van der Waals surface area (Å²) in [5, 5.41) is 0. The zero-order valence-electron chi connectivity index (χ0n) is 8.09. The van der Waals surface area contributed by atoms with Crippen LogP contribution in [0.1, 0.15) is 20.3 Å². The third kappa shape index (κ3) is 4.38. The van der Waals surface area contributed by atoms with Crippen LogP contribution in [0.3, 0.4) is 0 Å². The van der Waals surface area contributed by atoms with Gasteiger partial charge < -0.3 is 9.47 Å². The predicted molar refractivity (Wildman–Crippen MR) is 46.7 cm³/mol. The first-order chi connectivity index (χ1) is 5.26. The molecule has 0 aliphatic rings. The highest BCUT2D eigenvalue weighted by molar-refractivity contribution is 4.63. The van der Waals surface area contributed by atoms with E-state index in [9.17, 15) is 0 Å². The van der Waals surface area contributed by atoms with Gasteiger partial charge in [-0.3, -0.25) is 0 Å². The number of rotatable bonds is 6. The molecule has 0 aromatic carbocycles. The lowest BCUT2D eigenvalue weighted by Gasteiger charge is -2.20. The molecule has 2 nitrogen and oxygen atoms in total. The van der Waals surface area contributed by atoms with Crippen molar-refractivity contribution in [2.75, 3.05) is 27.4 Å². The fourth-order valence-electron chi connectivity index (χ4n) is 1.14. The van der Waals surface area contributed by atoms with E-state index in [0.29, 0.717) is 11.8 Å². The molecule has 11 heavy (non-hydrogen) atoms. The first-order valence-corrected chi connectivity index (χ1v) is 4.24. The Balaban J connectivity index is 3.66. The quantitative estimate of drug-likeness (QED) is 0.591. The second-order valence-electron chi connectivity index (χ2n) is 3.06. The van der Waals surface area contributed by atoms with Crippen molar-refractivity contribution in [3.05, 3.63) is 0 Å². The Morgan fingerprint density at radius 2 is 1.55 bits per heavy atom. The molecule has 0 aromatic heterocycles. The Bertz CT molecular complexity index is 77.6. The van der Waals surface area contributed by atoms with Crippen LogP contribution in [-0.2, 0) is 9.47 Å². The molecule has 0 fully saturated rings. The molecule has 0 N–H and O–H groups in total. The fraction of sp³-hybridized carbons (Fsp3) is 1.00. The van der Waals surface area contributed by atoms with Gasteiger partial charge in [0.2, 0.25) is 0 Å². The normalized spacial score (nSPS) is 13.9. The Labute approximate surface area is 69.9 Å². The maximum absolute atomic E-state index is 5.10. The summed E-state index contributed by atoms with van der Waals surface area (Å²) in [4.78, 5) is 0. The highest BCUT2D eigenvalue weighted by Gasteiger charge is 2.14. The Hall–Kier alpha value is -0.0800. The van der Waals surface area contributed by atoms with E-state index >= 15 is 0 Å². The van der Waals surface area contributed by atoms with Gasteiger partial charge in [0.15, 0.2) is 0 Å². The molecule has 0 radical (unpaired) electrons. The minimum absolute atomic E-state index is 0.551. The van der Waals surface area contributed by atoms with Crippen LogP contribution in [0.4, 0.5) is 0 Å². The predicted octanol–water partition coefficient (Wildman–Crippen LogP) is 1.94. The van der Waals surface area contributed by atoms with Crippen molar-refractivity contribution in [3.63, 3.8) is 0 Å². The molecule has 68 valence electrons. The zero-order chi connectivity index (χ0) is 8.69. The average molecular weight is 160 g/mol. The molecule has 0 rings (SSSR count). The average Bonchev–Trinajstić information content (AvgIpc) is 2.03. The van der Waals surface area contributed by atoms with Crippen LogP contribution >= 0.6 is 0 Å². The summed E-state index contributed by atoms with van der Waals surface area (Å²) in [6.07, 6.45) is 1.19. The van der Waals surface area contributed by atoms with Crippen molar-refractivity contribution >= 4 is 0 Å². The van der Waals surface area contributed by atoms with Crippen LogP contribution in [0, 0.1) is 11.8 Å². The smallest absolute Gasteiger partial charge is 0.0515 e.